The van der Waals surface area contributed by atoms with Crippen molar-refractivity contribution in [1.29, 1.82) is 5.26 Å². The summed E-state index contributed by atoms with van der Waals surface area (Å²) in [5.74, 6) is 0.930. The van der Waals surface area contributed by atoms with E-state index < -0.39 is 6.10 Å². The van der Waals surface area contributed by atoms with E-state index in [1.165, 1.54) is 0 Å². The Bertz CT molecular complexity index is 477. The molecule has 1 unspecified atom stereocenters. The molecule has 102 valence electrons. The van der Waals surface area contributed by atoms with E-state index in [2.05, 4.69) is 33.3 Å². The minimum atomic E-state index is -0.462. The lowest BCUT2D eigenvalue weighted by Crippen LogP contribution is -2.42. The first kappa shape index (κ1) is 13.8. The molecule has 1 aromatic heterocycles. The number of nitrogens with zero attached hydrogens (tertiary/aromatic N) is 5. The molecular weight excluding hydrogens is 268 g/mol. The summed E-state index contributed by atoms with van der Waals surface area (Å²) in [4.78, 5) is 14.3. The molecule has 1 saturated heterocycles. The molecule has 2 rings (SSSR count). The monoisotopic (exact) mass is 282 g/mol. The number of ether oxygens (including phenoxy) is 1. The van der Waals surface area contributed by atoms with Crippen molar-refractivity contribution in [2.45, 2.75) is 19.4 Å². The average molecular weight is 283 g/mol. The first-order valence-electron chi connectivity index (χ1n) is 6.14. The number of hydrogen-bond acceptors (Lipinski definition) is 7. The van der Waals surface area contributed by atoms with Crippen molar-refractivity contribution in [2.24, 2.45) is 0 Å². The van der Waals surface area contributed by atoms with Crippen molar-refractivity contribution >= 4 is 23.5 Å². The van der Waals surface area contributed by atoms with Gasteiger partial charge < -0.3 is 15.0 Å². The van der Waals surface area contributed by atoms with Gasteiger partial charge in [0.25, 0.3) is 0 Å². The van der Waals surface area contributed by atoms with Crippen LogP contribution in [0.25, 0.3) is 0 Å². The number of nitrogens with one attached hydrogen (secondary N) is 1. The molecule has 1 aliphatic rings. The van der Waals surface area contributed by atoms with Crippen molar-refractivity contribution in [3.63, 3.8) is 0 Å². The minimum Gasteiger partial charge on any atom is -0.360 e. The summed E-state index contributed by atoms with van der Waals surface area (Å²) in [5.41, 5.74) is 0. The van der Waals surface area contributed by atoms with E-state index in [1.54, 1.807) is 0 Å². The molecular formula is C11H15ClN6O. The van der Waals surface area contributed by atoms with Crippen LogP contribution >= 0.6 is 11.6 Å². The summed E-state index contributed by atoms with van der Waals surface area (Å²) >= 11 is 5.89. The number of halogens is 1. The van der Waals surface area contributed by atoms with Gasteiger partial charge in [-0.2, -0.15) is 20.2 Å². The SMILES string of the molecule is CCCNc1nc(Cl)nc(N2CCOC(C#N)C2)n1. The molecule has 0 aliphatic carbocycles. The fourth-order valence-electron chi connectivity index (χ4n) is 1.71. The largest absolute Gasteiger partial charge is 0.360 e. The molecule has 7 nitrogen and oxygen atoms in total. The van der Waals surface area contributed by atoms with Crippen LogP contribution in [-0.2, 0) is 4.74 Å². The van der Waals surface area contributed by atoms with Crippen LogP contribution in [0.2, 0.25) is 5.28 Å². The van der Waals surface area contributed by atoms with E-state index in [0.717, 1.165) is 13.0 Å². The third-order valence-corrected chi connectivity index (χ3v) is 2.79. The molecule has 1 atom stereocenters. The molecule has 1 aliphatic heterocycles. The van der Waals surface area contributed by atoms with Crippen LogP contribution in [0.3, 0.4) is 0 Å². The van der Waals surface area contributed by atoms with Crippen LogP contribution in [0.15, 0.2) is 0 Å². The fourth-order valence-corrected chi connectivity index (χ4v) is 1.86. The second kappa shape index (κ2) is 6.50. The second-order valence-corrected chi connectivity index (χ2v) is 4.43. The van der Waals surface area contributed by atoms with E-state index in [1.807, 2.05) is 4.90 Å². The molecule has 1 fully saturated rings. The number of nitriles is 1. The zero-order valence-electron chi connectivity index (χ0n) is 10.6. The van der Waals surface area contributed by atoms with Gasteiger partial charge in [-0.15, -0.1) is 0 Å². The van der Waals surface area contributed by atoms with E-state index in [9.17, 15) is 0 Å². The predicted octanol–water partition coefficient (Wildman–Crippen LogP) is 1.08. The van der Waals surface area contributed by atoms with E-state index >= 15 is 0 Å². The van der Waals surface area contributed by atoms with Crippen LogP contribution in [0.5, 0.6) is 0 Å². The smallest absolute Gasteiger partial charge is 0.231 e. The molecule has 8 heteroatoms. The lowest BCUT2D eigenvalue weighted by molar-refractivity contribution is 0.0758. The Kier molecular flexibility index (Phi) is 4.71. The van der Waals surface area contributed by atoms with Gasteiger partial charge >= 0.3 is 0 Å². The number of anilines is 2. The third kappa shape index (κ3) is 3.66. The molecule has 0 bridgehead atoms. The molecule has 0 aromatic carbocycles. The van der Waals surface area contributed by atoms with Gasteiger partial charge in [-0.3, -0.25) is 0 Å². The fraction of sp³-hybridized carbons (Fsp3) is 0.636. The summed E-state index contributed by atoms with van der Waals surface area (Å²) in [7, 11) is 0. The van der Waals surface area contributed by atoms with Gasteiger partial charge in [-0.1, -0.05) is 6.92 Å². The van der Waals surface area contributed by atoms with Crippen molar-refractivity contribution in [1.82, 2.24) is 15.0 Å². The highest BCUT2D eigenvalue weighted by molar-refractivity contribution is 6.28. The maximum absolute atomic E-state index is 8.89. The number of morpholine rings is 1. The van der Waals surface area contributed by atoms with Gasteiger partial charge in [0, 0.05) is 13.1 Å². The second-order valence-electron chi connectivity index (χ2n) is 4.09. The summed E-state index contributed by atoms with van der Waals surface area (Å²) in [6.07, 6.45) is 0.503. The lowest BCUT2D eigenvalue weighted by atomic mass is 10.3. The van der Waals surface area contributed by atoms with E-state index in [-0.39, 0.29) is 5.28 Å². The summed E-state index contributed by atoms with van der Waals surface area (Å²) < 4.78 is 5.28. The molecule has 0 radical (unpaired) electrons. The van der Waals surface area contributed by atoms with Gasteiger partial charge in [0.1, 0.15) is 0 Å². The Morgan fingerprint density at radius 1 is 1.53 bits per heavy atom. The predicted molar refractivity (Wildman–Crippen MR) is 71.2 cm³/mol. The molecule has 1 N–H and O–H groups in total. The highest BCUT2D eigenvalue weighted by Crippen LogP contribution is 2.16. The first-order chi connectivity index (χ1) is 9.22. The number of rotatable bonds is 4. The Labute approximate surface area is 116 Å². The number of hydrogen-bond donors (Lipinski definition) is 1. The van der Waals surface area contributed by atoms with E-state index in [4.69, 9.17) is 21.6 Å². The average Bonchev–Trinajstić information content (AvgIpc) is 2.44. The van der Waals surface area contributed by atoms with Crippen LogP contribution in [-0.4, -0.2) is 47.3 Å². The normalized spacial score (nSPS) is 19.0. The molecule has 0 amide bonds. The standard InChI is InChI=1S/C11H15ClN6O/c1-2-3-14-10-15-9(12)16-11(17-10)18-4-5-19-8(6-13)7-18/h8H,2-5,7H2,1H3,(H,14,15,16,17). The Balaban J connectivity index is 2.14. The Morgan fingerprint density at radius 2 is 2.37 bits per heavy atom. The highest BCUT2D eigenvalue weighted by Gasteiger charge is 2.22. The molecule has 0 spiro atoms. The van der Waals surface area contributed by atoms with Gasteiger partial charge in [-0.25, -0.2) is 0 Å². The minimum absolute atomic E-state index is 0.142. The van der Waals surface area contributed by atoms with Gasteiger partial charge in [0.2, 0.25) is 17.2 Å². The zero-order valence-corrected chi connectivity index (χ0v) is 11.4. The van der Waals surface area contributed by atoms with Gasteiger partial charge in [0.05, 0.1) is 19.2 Å². The first-order valence-corrected chi connectivity index (χ1v) is 6.52. The van der Waals surface area contributed by atoms with Gasteiger partial charge in [-0.05, 0) is 18.0 Å². The van der Waals surface area contributed by atoms with E-state index in [0.29, 0.717) is 31.6 Å². The van der Waals surface area contributed by atoms with Crippen molar-refractivity contribution < 1.29 is 4.74 Å². The summed E-state index contributed by atoms with van der Waals surface area (Å²) in [5, 5.41) is 12.1. The number of aromatic nitrogens is 3. The lowest BCUT2D eigenvalue weighted by Gasteiger charge is -2.29. The quantitative estimate of drug-likeness (QED) is 0.884. The van der Waals surface area contributed by atoms with Crippen molar-refractivity contribution in [2.75, 3.05) is 36.5 Å². The van der Waals surface area contributed by atoms with Crippen LogP contribution in [0.4, 0.5) is 11.9 Å². The third-order valence-electron chi connectivity index (χ3n) is 2.62. The zero-order chi connectivity index (χ0) is 13.7. The topological polar surface area (TPSA) is 87.0 Å². The highest BCUT2D eigenvalue weighted by atomic mass is 35.5. The van der Waals surface area contributed by atoms with Crippen LogP contribution < -0.4 is 10.2 Å². The van der Waals surface area contributed by atoms with Crippen LogP contribution in [0, 0.1) is 11.3 Å². The summed E-state index contributed by atoms with van der Waals surface area (Å²) in [6.45, 7) is 4.36. The van der Waals surface area contributed by atoms with Gasteiger partial charge in [0.15, 0.2) is 6.10 Å². The molecule has 1 aromatic rings. The van der Waals surface area contributed by atoms with Crippen molar-refractivity contribution in [3.8, 4) is 6.07 Å². The maximum atomic E-state index is 8.89. The molecule has 0 saturated carbocycles. The molecule has 19 heavy (non-hydrogen) atoms. The van der Waals surface area contributed by atoms with Crippen molar-refractivity contribution in [3.05, 3.63) is 5.28 Å². The molecule has 2 heterocycles. The summed E-state index contributed by atoms with van der Waals surface area (Å²) in [6, 6.07) is 2.08. The van der Waals surface area contributed by atoms with Crippen LogP contribution in [0.1, 0.15) is 13.3 Å². The Hall–Kier alpha value is -1.65. The maximum Gasteiger partial charge on any atom is 0.231 e. The Morgan fingerprint density at radius 3 is 3.11 bits per heavy atom.